The number of rotatable bonds is 6. The van der Waals surface area contributed by atoms with E-state index in [-0.39, 0.29) is 5.91 Å². The van der Waals surface area contributed by atoms with Gasteiger partial charge in [-0.1, -0.05) is 30.3 Å². The molecule has 0 saturated heterocycles. The fourth-order valence-electron chi connectivity index (χ4n) is 2.56. The highest BCUT2D eigenvalue weighted by molar-refractivity contribution is 5.96. The number of nitrogens with one attached hydrogen (secondary N) is 1. The molecule has 1 aromatic carbocycles. The third-order valence-electron chi connectivity index (χ3n) is 3.88. The van der Waals surface area contributed by atoms with Gasteiger partial charge in [-0.25, -0.2) is 9.97 Å². The topological polar surface area (TPSA) is 77.0 Å². The van der Waals surface area contributed by atoms with Crippen LogP contribution in [0.5, 0.6) is 5.75 Å². The second-order valence-electron chi connectivity index (χ2n) is 5.76. The monoisotopic (exact) mass is 348 g/mol. The molecule has 0 aliphatic rings. The van der Waals surface area contributed by atoms with E-state index in [1.54, 1.807) is 18.5 Å². The number of aromatic nitrogens is 3. The Labute approximate surface area is 152 Å². The molecule has 3 rings (SSSR count). The summed E-state index contributed by atoms with van der Waals surface area (Å²) in [5.41, 5.74) is 3.14. The van der Waals surface area contributed by atoms with Gasteiger partial charge in [-0.3, -0.25) is 9.78 Å². The predicted octanol–water partition coefficient (Wildman–Crippen LogP) is 2.83. The number of benzene rings is 1. The van der Waals surface area contributed by atoms with Crippen molar-refractivity contribution in [3.8, 4) is 17.0 Å². The van der Waals surface area contributed by atoms with Crippen LogP contribution in [0.4, 0.5) is 0 Å². The van der Waals surface area contributed by atoms with Crippen LogP contribution in [-0.2, 0) is 6.42 Å². The quantitative estimate of drug-likeness (QED) is 0.741. The van der Waals surface area contributed by atoms with Crippen molar-refractivity contribution in [2.75, 3.05) is 13.7 Å². The number of hydrogen-bond donors (Lipinski definition) is 1. The van der Waals surface area contributed by atoms with Gasteiger partial charge in [0.15, 0.2) is 0 Å². The Morgan fingerprint density at radius 1 is 1.15 bits per heavy atom. The zero-order chi connectivity index (χ0) is 18.4. The number of ether oxygens (including phenoxy) is 1. The maximum Gasteiger partial charge on any atom is 0.255 e. The minimum atomic E-state index is -0.202. The molecule has 0 spiro atoms. The first-order valence-electron chi connectivity index (χ1n) is 8.33. The summed E-state index contributed by atoms with van der Waals surface area (Å²) in [6.07, 6.45) is 3.83. The highest BCUT2D eigenvalue weighted by Crippen LogP contribution is 2.17. The van der Waals surface area contributed by atoms with Crippen LogP contribution in [-0.4, -0.2) is 34.5 Å². The Morgan fingerprint density at radius 3 is 2.73 bits per heavy atom. The molecule has 6 heteroatoms. The normalized spacial score (nSPS) is 10.4. The Morgan fingerprint density at radius 2 is 1.96 bits per heavy atom. The molecule has 1 N–H and O–H groups in total. The van der Waals surface area contributed by atoms with E-state index in [2.05, 4.69) is 20.3 Å². The van der Waals surface area contributed by atoms with Crippen molar-refractivity contribution >= 4 is 5.91 Å². The van der Waals surface area contributed by atoms with Gasteiger partial charge in [-0.05, 0) is 19.1 Å². The maximum absolute atomic E-state index is 12.4. The van der Waals surface area contributed by atoms with Crippen molar-refractivity contribution < 1.29 is 9.53 Å². The average molecular weight is 348 g/mol. The second-order valence-corrected chi connectivity index (χ2v) is 5.76. The first-order chi connectivity index (χ1) is 12.7. The number of nitrogens with zero attached hydrogens (tertiary/aromatic N) is 3. The van der Waals surface area contributed by atoms with Gasteiger partial charge in [0.05, 0.1) is 24.6 Å². The van der Waals surface area contributed by atoms with Crippen LogP contribution in [0.25, 0.3) is 11.3 Å². The SMILES string of the molecule is COc1cnc(C)cc1C(=O)NCCc1nccc(-c2ccccc2)n1. The van der Waals surface area contributed by atoms with E-state index in [9.17, 15) is 4.79 Å². The maximum atomic E-state index is 12.4. The lowest BCUT2D eigenvalue weighted by Gasteiger charge is -2.09. The molecule has 2 heterocycles. The fourth-order valence-corrected chi connectivity index (χ4v) is 2.56. The van der Waals surface area contributed by atoms with Crippen LogP contribution >= 0.6 is 0 Å². The largest absolute Gasteiger partial charge is 0.494 e. The van der Waals surface area contributed by atoms with E-state index >= 15 is 0 Å². The highest BCUT2D eigenvalue weighted by atomic mass is 16.5. The molecule has 0 atom stereocenters. The fraction of sp³-hybridized carbons (Fsp3) is 0.200. The first-order valence-corrected chi connectivity index (χ1v) is 8.33. The third-order valence-corrected chi connectivity index (χ3v) is 3.88. The molecule has 0 aliphatic carbocycles. The number of aryl methyl sites for hydroxylation is 1. The number of methoxy groups -OCH3 is 1. The zero-order valence-corrected chi connectivity index (χ0v) is 14.8. The van der Waals surface area contributed by atoms with Crippen LogP contribution in [0.1, 0.15) is 21.9 Å². The number of hydrogen-bond acceptors (Lipinski definition) is 5. The number of carbonyl (C=O) groups excluding carboxylic acids is 1. The molecule has 0 radical (unpaired) electrons. The van der Waals surface area contributed by atoms with Crippen LogP contribution in [0.15, 0.2) is 54.9 Å². The average Bonchev–Trinajstić information content (AvgIpc) is 2.69. The minimum Gasteiger partial charge on any atom is -0.494 e. The number of carbonyl (C=O) groups is 1. The Kier molecular flexibility index (Phi) is 5.53. The Bertz CT molecular complexity index is 897. The lowest BCUT2D eigenvalue weighted by Crippen LogP contribution is -2.26. The van der Waals surface area contributed by atoms with Gasteiger partial charge in [0.25, 0.3) is 5.91 Å². The summed E-state index contributed by atoms with van der Waals surface area (Å²) in [5.74, 6) is 0.937. The Hall–Kier alpha value is -3.28. The van der Waals surface area contributed by atoms with Crippen LogP contribution in [0.3, 0.4) is 0 Å². The van der Waals surface area contributed by atoms with Crippen molar-refractivity contribution in [1.82, 2.24) is 20.3 Å². The molecular formula is C20H20N4O2. The molecule has 0 bridgehead atoms. The molecule has 2 aromatic heterocycles. The van der Waals surface area contributed by atoms with Crippen molar-refractivity contribution in [2.45, 2.75) is 13.3 Å². The van der Waals surface area contributed by atoms with Gasteiger partial charge < -0.3 is 10.1 Å². The molecule has 0 unspecified atom stereocenters. The molecule has 1 amide bonds. The molecular weight excluding hydrogens is 328 g/mol. The number of amides is 1. The van der Waals surface area contributed by atoms with E-state index < -0.39 is 0 Å². The highest BCUT2D eigenvalue weighted by Gasteiger charge is 2.13. The van der Waals surface area contributed by atoms with Gasteiger partial charge in [0, 0.05) is 30.4 Å². The van der Waals surface area contributed by atoms with Crippen LogP contribution in [0.2, 0.25) is 0 Å². The van der Waals surface area contributed by atoms with E-state index in [4.69, 9.17) is 4.74 Å². The molecule has 26 heavy (non-hydrogen) atoms. The van der Waals surface area contributed by atoms with Crippen molar-refractivity contribution in [3.05, 3.63) is 71.9 Å². The summed E-state index contributed by atoms with van der Waals surface area (Å²) >= 11 is 0. The molecule has 0 saturated carbocycles. The number of pyridine rings is 1. The van der Waals surface area contributed by atoms with Crippen LogP contribution < -0.4 is 10.1 Å². The summed E-state index contributed by atoms with van der Waals surface area (Å²) in [6, 6.07) is 13.5. The summed E-state index contributed by atoms with van der Waals surface area (Å²) in [7, 11) is 1.52. The molecule has 0 fully saturated rings. The predicted molar refractivity (Wildman–Crippen MR) is 99.0 cm³/mol. The van der Waals surface area contributed by atoms with Gasteiger partial charge >= 0.3 is 0 Å². The van der Waals surface area contributed by atoms with Crippen LogP contribution in [0, 0.1) is 6.92 Å². The van der Waals surface area contributed by atoms with E-state index in [0.29, 0.717) is 30.1 Å². The smallest absolute Gasteiger partial charge is 0.255 e. The molecule has 132 valence electrons. The van der Waals surface area contributed by atoms with E-state index in [1.165, 1.54) is 7.11 Å². The van der Waals surface area contributed by atoms with Crippen molar-refractivity contribution in [1.29, 1.82) is 0 Å². The summed E-state index contributed by atoms with van der Waals surface area (Å²) in [4.78, 5) is 25.4. The van der Waals surface area contributed by atoms with Crippen molar-refractivity contribution in [2.24, 2.45) is 0 Å². The molecule has 0 aliphatic heterocycles. The van der Waals surface area contributed by atoms with Crippen molar-refractivity contribution in [3.63, 3.8) is 0 Å². The van der Waals surface area contributed by atoms with Gasteiger partial charge in [-0.15, -0.1) is 0 Å². The van der Waals surface area contributed by atoms with E-state index in [1.807, 2.05) is 43.3 Å². The minimum absolute atomic E-state index is 0.202. The summed E-state index contributed by atoms with van der Waals surface area (Å²) in [5, 5.41) is 2.88. The zero-order valence-electron chi connectivity index (χ0n) is 14.8. The first kappa shape index (κ1) is 17.5. The Balaban J connectivity index is 1.64. The standard InChI is InChI=1S/C20H20N4O2/c1-14-12-16(18(26-2)13-23-14)20(25)22-11-9-19-21-10-8-17(24-19)15-6-4-3-5-7-15/h3-8,10,12-13H,9,11H2,1-2H3,(H,22,25). The molecule has 6 nitrogen and oxygen atoms in total. The van der Waals surface area contributed by atoms with Gasteiger partial charge in [-0.2, -0.15) is 0 Å². The molecule has 3 aromatic rings. The lowest BCUT2D eigenvalue weighted by atomic mass is 10.1. The summed E-state index contributed by atoms with van der Waals surface area (Å²) < 4.78 is 5.20. The van der Waals surface area contributed by atoms with Gasteiger partial charge in [0.2, 0.25) is 0 Å². The second kappa shape index (κ2) is 8.20. The third kappa shape index (κ3) is 4.22. The van der Waals surface area contributed by atoms with E-state index in [0.717, 1.165) is 17.0 Å². The summed E-state index contributed by atoms with van der Waals surface area (Å²) in [6.45, 7) is 2.26. The lowest BCUT2D eigenvalue weighted by molar-refractivity contribution is 0.0950. The van der Waals surface area contributed by atoms with Gasteiger partial charge in [0.1, 0.15) is 11.6 Å².